The lowest BCUT2D eigenvalue weighted by Crippen LogP contribution is -2.24. The largest absolute Gasteiger partial charge is 0.339 e. The molecule has 0 unspecified atom stereocenters. The predicted molar refractivity (Wildman–Crippen MR) is 74.9 cm³/mol. The van der Waals surface area contributed by atoms with Crippen LogP contribution in [0.1, 0.15) is 13.8 Å². The van der Waals surface area contributed by atoms with E-state index in [0.717, 1.165) is 22.2 Å². The Balaban J connectivity index is 2.22. The highest BCUT2D eigenvalue weighted by molar-refractivity contribution is 6.01. The average Bonchev–Trinajstić information content (AvgIpc) is 2.37. The number of fused-ring (bicyclic) bond motifs is 1. The predicted octanol–water partition coefficient (Wildman–Crippen LogP) is 3.36. The van der Waals surface area contributed by atoms with Crippen molar-refractivity contribution in [2.75, 3.05) is 5.32 Å². The van der Waals surface area contributed by atoms with Crippen LogP contribution < -0.4 is 10.7 Å². The number of benzene rings is 2. The Hall–Kier alpha value is -2.36. The zero-order chi connectivity index (χ0) is 13.0. The number of carbonyl (C=O) groups is 1. The molecule has 0 aromatic heterocycles. The molecule has 0 fully saturated rings. The molecule has 2 amide bonds. The van der Waals surface area contributed by atoms with Gasteiger partial charge in [0.1, 0.15) is 0 Å². The highest BCUT2D eigenvalue weighted by Crippen LogP contribution is 2.22. The number of nitrogens with one attached hydrogen (secondary N) is 2. The Bertz CT molecular complexity index is 596. The van der Waals surface area contributed by atoms with Crippen molar-refractivity contribution in [3.05, 3.63) is 42.5 Å². The minimum absolute atomic E-state index is 0.340. The van der Waals surface area contributed by atoms with Crippen LogP contribution in [0.25, 0.3) is 10.8 Å². The quantitative estimate of drug-likeness (QED) is 0.614. The van der Waals surface area contributed by atoms with Gasteiger partial charge in [0, 0.05) is 11.1 Å². The minimum atomic E-state index is -0.340. The third-order valence-electron chi connectivity index (χ3n) is 2.42. The lowest BCUT2D eigenvalue weighted by molar-refractivity contribution is 0.252. The molecule has 0 saturated heterocycles. The third-order valence-corrected chi connectivity index (χ3v) is 2.42. The Morgan fingerprint density at radius 3 is 2.56 bits per heavy atom. The van der Waals surface area contributed by atoms with Crippen molar-refractivity contribution < 1.29 is 4.79 Å². The summed E-state index contributed by atoms with van der Waals surface area (Å²) < 4.78 is 0. The van der Waals surface area contributed by atoms with Crippen LogP contribution in [-0.2, 0) is 0 Å². The number of carbonyl (C=O) groups excluding carboxylic acids is 1. The summed E-state index contributed by atoms with van der Waals surface area (Å²) in [4.78, 5) is 11.6. The van der Waals surface area contributed by atoms with Crippen molar-refractivity contribution in [2.45, 2.75) is 13.8 Å². The average molecular weight is 241 g/mol. The molecule has 0 aliphatic heterocycles. The highest BCUT2D eigenvalue weighted by Gasteiger charge is 2.03. The van der Waals surface area contributed by atoms with Crippen LogP contribution in [0, 0.1) is 0 Å². The number of amides is 2. The van der Waals surface area contributed by atoms with Gasteiger partial charge in [-0.1, -0.05) is 36.4 Å². The van der Waals surface area contributed by atoms with Crippen molar-refractivity contribution in [3.63, 3.8) is 0 Å². The summed E-state index contributed by atoms with van der Waals surface area (Å²) in [6, 6.07) is 13.3. The standard InChI is InChI=1S/C14H15N3O/c1-10(2)16-17-14(18)15-13-9-5-7-11-6-3-4-8-12(11)13/h3-9H,1-2H3,(H2,15,17,18). The van der Waals surface area contributed by atoms with E-state index in [1.165, 1.54) is 0 Å². The van der Waals surface area contributed by atoms with Gasteiger partial charge in [0.15, 0.2) is 0 Å². The van der Waals surface area contributed by atoms with Gasteiger partial charge in [-0.15, -0.1) is 0 Å². The zero-order valence-electron chi connectivity index (χ0n) is 10.4. The van der Waals surface area contributed by atoms with Crippen molar-refractivity contribution in [2.24, 2.45) is 5.10 Å². The van der Waals surface area contributed by atoms with Crippen molar-refractivity contribution in [1.82, 2.24) is 5.43 Å². The summed E-state index contributed by atoms with van der Waals surface area (Å²) in [7, 11) is 0. The molecule has 0 aliphatic rings. The Kier molecular flexibility index (Phi) is 3.57. The molecular formula is C14H15N3O. The second-order valence-electron chi connectivity index (χ2n) is 4.15. The summed E-state index contributed by atoms with van der Waals surface area (Å²) >= 11 is 0. The Morgan fingerprint density at radius 1 is 1.06 bits per heavy atom. The molecule has 2 aromatic rings. The minimum Gasteiger partial charge on any atom is -0.306 e. The fourth-order valence-corrected chi connectivity index (χ4v) is 1.65. The van der Waals surface area contributed by atoms with Crippen LogP contribution in [0.15, 0.2) is 47.6 Å². The van der Waals surface area contributed by atoms with Crippen LogP contribution in [0.5, 0.6) is 0 Å². The number of nitrogens with zero attached hydrogens (tertiary/aromatic N) is 1. The summed E-state index contributed by atoms with van der Waals surface area (Å²) in [6.07, 6.45) is 0. The Labute approximate surface area is 106 Å². The van der Waals surface area contributed by atoms with Gasteiger partial charge in [0.2, 0.25) is 0 Å². The Morgan fingerprint density at radius 2 is 1.78 bits per heavy atom. The first-order chi connectivity index (χ1) is 8.66. The van der Waals surface area contributed by atoms with Gasteiger partial charge in [-0.2, -0.15) is 5.10 Å². The first-order valence-electron chi connectivity index (χ1n) is 5.72. The van der Waals surface area contributed by atoms with E-state index in [1.54, 1.807) is 0 Å². The molecule has 0 radical (unpaired) electrons. The monoisotopic (exact) mass is 241 g/mol. The topological polar surface area (TPSA) is 53.5 Å². The molecule has 0 heterocycles. The van der Waals surface area contributed by atoms with Gasteiger partial charge in [-0.3, -0.25) is 0 Å². The molecule has 4 heteroatoms. The molecule has 2 aromatic carbocycles. The van der Waals surface area contributed by atoms with E-state index in [1.807, 2.05) is 56.3 Å². The van der Waals surface area contributed by atoms with Gasteiger partial charge in [0.25, 0.3) is 0 Å². The van der Waals surface area contributed by atoms with Crippen LogP contribution in [-0.4, -0.2) is 11.7 Å². The van der Waals surface area contributed by atoms with E-state index < -0.39 is 0 Å². The van der Waals surface area contributed by atoms with Crippen LogP contribution in [0.2, 0.25) is 0 Å². The molecule has 0 spiro atoms. The number of urea groups is 1. The van der Waals surface area contributed by atoms with Crippen LogP contribution in [0.3, 0.4) is 0 Å². The first-order valence-corrected chi connectivity index (χ1v) is 5.72. The van der Waals surface area contributed by atoms with Gasteiger partial charge >= 0.3 is 6.03 Å². The summed E-state index contributed by atoms with van der Waals surface area (Å²) in [5.41, 5.74) is 4.00. The number of hydrogen-bond acceptors (Lipinski definition) is 2. The van der Waals surface area contributed by atoms with Gasteiger partial charge in [0.05, 0.1) is 5.69 Å². The second-order valence-corrected chi connectivity index (χ2v) is 4.15. The van der Waals surface area contributed by atoms with E-state index in [0.29, 0.717) is 0 Å². The highest BCUT2D eigenvalue weighted by atomic mass is 16.2. The maximum absolute atomic E-state index is 11.6. The molecule has 4 nitrogen and oxygen atoms in total. The molecule has 0 atom stereocenters. The second kappa shape index (κ2) is 5.31. The van der Waals surface area contributed by atoms with Gasteiger partial charge in [-0.05, 0) is 25.3 Å². The van der Waals surface area contributed by atoms with Crippen LogP contribution >= 0.6 is 0 Å². The molecule has 0 aliphatic carbocycles. The lowest BCUT2D eigenvalue weighted by Gasteiger charge is -2.08. The first kappa shape index (κ1) is 12.1. The number of hydrogen-bond donors (Lipinski definition) is 2. The van der Waals surface area contributed by atoms with Crippen LogP contribution in [0.4, 0.5) is 10.5 Å². The molecule has 2 N–H and O–H groups in total. The summed E-state index contributed by atoms with van der Waals surface area (Å²) in [5, 5.41) is 8.73. The lowest BCUT2D eigenvalue weighted by atomic mass is 10.1. The summed E-state index contributed by atoms with van der Waals surface area (Å²) in [6.45, 7) is 3.64. The van der Waals surface area contributed by atoms with E-state index >= 15 is 0 Å². The van der Waals surface area contributed by atoms with Crippen molar-refractivity contribution >= 4 is 28.2 Å². The van der Waals surface area contributed by atoms with Gasteiger partial charge in [-0.25, -0.2) is 10.2 Å². The number of anilines is 1. The molecule has 18 heavy (non-hydrogen) atoms. The normalized spacial score (nSPS) is 9.89. The van der Waals surface area contributed by atoms with Crippen molar-refractivity contribution in [3.8, 4) is 0 Å². The maximum Gasteiger partial charge on any atom is 0.339 e. The van der Waals surface area contributed by atoms with E-state index in [2.05, 4.69) is 15.8 Å². The SMILES string of the molecule is CC(C)=NNC(=O)Nc1cccc2ccccc12. The number of hydrazone groups is 1. The van der Waals surface area contributed by atoms with Gasteiger partial charge < -0.3 is 5.32 Å². The molecule has 92 valence electrons. The van der Waals surface area contributed by atoms with Crippen molar-refractivity contribution in [1.29, 1.82) is 0 Å². The number of rotatable bonds is 2. The molecule has 0 bridgehead atoms. The maximum atomic E-state index is 11.6. The summed E-state index contributed by atoms with van der Waals surface area (Å²) in [5.74, 6) is 0. The molecular weight excluding hydrogens is 226 g/mol. The van der Waals surface area contributed by atoms with E-state index in [4.69, 9.17) is 0 Å². The molecule has 2 rings (SSSR count). The zero-order valence-corrected chi connectivity index (χ0v) is 10.4. The smallest absolute Gasteiger partial charge is 0.306 e. The van der Waals surface area contributed by atoms with E-state index in [-0.39, 0.29) is 6.03 Å². The fraction of sp³-hybridized carbons (Fsp3) is 0.143. The molecule has 0 saturated carbocycles. The fourth-order valence-electron chi connectivity index (χ4n) is 1.65. The third kappa shape index (κ3) is 2.85. The van der Waals surface area contributed by atoms with E-state index in [9.17, 15) is 4.79 Å².